The fourth-order valence-electron chi connectivity index (χ4n) is 4.14. The standard InChI is InChI=1S/C18H26N2O/c1-17(2)16(18(17,3)4)15(19)12-8-9-13-11(10-12)6-5-7-14(21)20-13/h8-10,15-16H,5-7,19H2,1-4H3,(H,20,21). The average molecular weight is 286 g/mol. The minimum absolute atomic E-state index is 0.0688. The van der Waals surface area contributed by atoms with Crippen LogP contribution in [0.15, 0.2) is 18.2 Å². The van der Waals surface area contributed by atoms with Gasteiger partial charge in [0.05, 0.1) is 0 Å². The maximum absolute atomic E-state index is 11.6. The van der Waals surface area contributed by atoms with Crippen molar-refractivity contribution in [2.45, 2.75) is 53.0 Å². The number of benzene rings is 1. The smallest absolute Gasteiger partial charge is 0.224 e. The van der Waals surface area contributed by atoms with Crippen molar-refractivity contribution >= 4 is 11.6 Å². The van der Waals surface area contributed by atoms with E-state index in [1.54, 1.807) is 0 Å². The SMILES string of the molecule is CC1(C)C(C(N)c2ccc3c(c2)CCCC(=O)N3)C1(C)C. The molecule has 1 unspecified atom stereocenters. The number of nitrogens with one attached hydrogen (secondary N) is 1. The molecule has 0 spiro atoms. The summed E-state index contributed by atoms with van der Waals surface area (Å²) in [5, 5.41) is 2.99. The molecule has 1 aromatic carbocycles. The van der Waals surface area contributed by atoms with Crippen LogP contribution in [0.1, 0.15) is 57.7 Å². The van der Waals surface area contributed by atoms with Crippen molar-refractivity contribution in [1.82, 2.24) is 0 Å². The zero-order chi connectivity index (χ0) is 15.4. The van der Waals surface area contributed by atoms with E-state index in [0.717, 1.165) is 18.5 Å². The van der Waals surface area contributed by atoms with Gasteiger partial charge in [-0.05, 0) is 46.8 Å². The van der Waals surface area contributed by atoms with Crippen molar-refractivity contribution in [2.75, 3.05) is 5.32 Å². The first-order valence-corrected chi connectivity index (χ1v) is 7.93. The van der Waals surface area contributed by atoms with Gasteiger partial charge >= 0.3 is 0 Å². The lowest BCUT2D eigenvalue weighted by molar-refractivity contribution is -0.116. The predicted molar refractivity (Wildman–Crippen MR) is 86.0 cm³/mol. The molecule has 1 aliphatic heterocycles. The molecule has 3 heteroatoms. The van der Waals surface area contributed by atoms with Crippen molar-refractivity contribution in [3.05, 3.63) is 29.3 Å². The van der Waals surface area contributed by atoms with E-state index in [1.807, 2.05) is 6.07 Å². The van der Waals surface area contributed by atoms with Crippen LogP contribution in [0.25, 0.3) is 0 Å². The first kappa shape index (κ1) is 14.6. The highest BCUT2D eigenvalue weighted by atomic mass is 16.1. The Bertz CT molecular complexity index is 575. The highest BCUT2D eigenvalue weighted by molar-refractivity contribution is 5.92. The van der Waals surface area contributed by atoms with Gasteiger partial charge in [-0.15, -0.1) is 0 Å². The summed E-state index contributed by atoms with van der Waals surface area (Å²) in [7, 11) is 0. The zero-order valence-corrected chi connectivity index (χ0v) is 13.5. The Hall–Kier alpha value is -1.35. The van der Waals surface area contributed by atoms with Gasteiger partial charge in [0.25, 0.3) is 0 Å². The van der Waals surface area contributed by atoms with Crippen LogP contribution in [0, 0.1) is 16.7 Å². The lowest BCUT2D eigenvalue weighted by atomic mass is 9.94. The number of carbonyl (C=O) groups is 1. The van der Waals surface area contributed by atoms with E-state index >= 15 is 0 Å². The highest BCUT2D eigenvalue weighted by Crippen LogP contribution is 2.71. The summed E-state index contributed by atoms with van der Waals surface area (Å²) < 4.78 is 0. The number of hydrogen-bond acceptors (Lipinski definition) is 2. The Morgan fingerprint density at radius 1 is 1.19 bits per heavy atom. The topological polar surface area (TPSA) is 55.1 Å². The van der Waals surface area contributed by atoms with Gasteiger partial charge in [-0.2, -0.15) is 0 Å². The molecular formula is C18H26N2O. The summed E-state index contributed by atoms with van der Waals surface area (Å²) >= 11 is 0. The number of nitrogens with two attached hydrogens (primary N) is 1. The number of rotatable bonds is 2. The summed E-state index contributed by atoms with van der Waals surface area (Å²) in [6, 6.07) is 6.38. The molecule has 114 valence electrons. The fraction of sp³-hybridized carbons (Fsp3) is 0.611. The van der Waals surface area contributed by atoms with Crippen LogP contribution >= 0.6 is 0 Å². The number of hydrogen-bond donors (Lipinski definition) is 2. The van der Waals surface area contributed by atoms with Crippen LogP contribution in [0.5, 0.6) is 0 Å². The van der Waals surface area contributed by atoms with Crippen molar-refractivity contribution in [2.24, 2.45) is 22.5 Å². The minimum atomic E-state index is 0.0688. The summed E-state index contributed by atoms with van der Waals surface area (Å²) in [6.07, 6.45) is 2.47. The van der Waals surface area contributed by atoms with Gasteiger partial charge in [0.15, 0.2) is 0 Å². The van der Waals surface area contributed by atoms with Crippen LogP contribution in [0.2, 0.25) is 0 Å². The maximum atomic E-state index is 11.6. The Labute approximate surface area is 127 Å². The Morgan fingerprint density at radius 3 is 2.48 bits per heavy atom. The molecular weight excluding hydrogens is 260 g/mol. The average Bonchev–Trinajstić information content (AvgIpc) is 2.89. The molecule has 3 nitrogen and oxygen atoms in total. The Kier molecular flexibility index (Phi) is 3.17. The van der Waals surface area contributed by atoms with Crippen molar-refractivity contribution < 1.29 is 4.79 Å². The molecule has 3 rings (SSSR count). The monoisotopic (exact) mass is 286 g/mol. The second-order valence-corrected chi connectivity index (χ2v) is 7.77. The van der Waals surface area contributed by atoms with E-state index in [9.17, 15) is 4.79 Å². The van der Waals surface area contributed by atoms with Crippen LogP contribution in [0.4, 0.5) is 5.69 Å². The molecule has 0 bridgehead atoms. The summed E-state index contributed by atoms with van der Waals surface area (Å²) in [5.74, 6) is 0.624. The van der Waals surface area contributed by atoms with Crippen LogP contribution in [-0.4, -0.2) is 5.91 Å². The number of fused-ring (bicyclic) bond motifs is 1. The molecule has 0 radical (unpaired) electrons. The van der Waals surface area contributed by atoms with E-state index in [1.165, 1.54) is 11.1 Å². The normalized spacial score (nSPS) is 24.7. The molecule has 1 aliphatic carbocycles. The van der Waals surface area contributed by atoms with E-state index in [2.05, 4.69) is 45.1 Å². The van der Waals surface area contributed by atoms with E-state index < -0.39 is 0 Å². The molecule has 1 heterocycles. The maximum Gasteiger partial charge on any atom is 0.224 e. The van der Waals surface area contributed by atoms with E-state index in [-0.39, 0.29) is 22.8 Å². The molecule has 2 aliphatic rings. The largest absolute Gasteiger partial charge is 0.326 e. The predicted octanol–water partition coefficient (Wildman–Crippen LogP) is 3.64. The quantitative estimate of drug-likeness (QED) is 0.872. The summed E-state index contributed by atoms with van der Waals surface area (Å²) in [6.45, 7) is 9.23. The number of anilines is 1. The molecule has 3 N–H and O–H groups in total. The van der Waals surface area contributed by atoms with Crippen LogP contribution in [0.3, 0.4) is 0 Å². The Balaban J connectivity index is 1.88. The second-order valence-electron chi connectivity index (χ2n) is 7.77. The van der Waals surface area contributed by atoms with Gasteiger partial charge in [0.1, 0.15) is 0 Å². The van der Waals surface area contributed by atoms with Crippen LogP contribution in [-0.2, 0) is 11.2 Å². The number of carbonyl (C=O) groups excluding carboxylic acids is 1. The van der Waals surface area contributed by atoms with E-state index in [0.29, 0.717) is 12.3 Å². The van der Waals surface area contributed by atoms with Gasteiger partial charge in [0.2, 0.25) is 5.91 Å². The van der Waals surface area contributed by atoms with Crippen LogP contribution < -0.4 is 11.1 Å². The Morgan fingerprint density at radius 2 is 1.86 bits per heavy atom. The third kappa shape index (κ3) is 2.18. The lowest BCUT2D eigenvalue weighted by Crippen LogP contribution is -2.17. The molecule has 1 atom stereocenters. The van der Waals surface area contributed by atoms with Crippen molar-refractivity contribution in [3.63, 3.8) is 0 Å². The summed E-state index contributed by atoms with van der Waals surface area (Å²) in [5.41, 5.74) is 10.5. The molecule has 1 saturated carbocycles. The highest BCUT2D eigenvalue weighted by Gasteiger charge is 2.66. The minimum Gasteiger partial charge on any atom is -0.326 e. The lowest BCUT2D eigenvalue weighted by Gasteiger charge is -2.17. The molecule has 1 aromatic rings. The van der Waals surface area contributed by atoms with Gasteiger partial charge in [-0.1, -0.05) is 39.8 Å². The molecule has 0 aromatic heterocycles. The van der Waals surface area contributed by atoms with Crippen molar-refractivity contribution in [3.8, 4) is 0 Å². The third-order valence-corrected chi connectivity index (χ3v) is 6.13. The molecule has 1 amide bonds. The first-order valence-electron chi connectivity index (χ1n) is 7.93. The number of amides is 1. The van der Waals surface area contributed by atoms with Crippen molar-refractivity contribution in [1.29, 1.82) is 0 Å². The van der Waals surface area contributed by atoms with Gasteiger partial charge in [-0.3, -0.25) is 4.79 Å². The zero-order valence-electron chi connectivity index (χ0n) is 13.5. The third-order valence-electron chi connectivity index (χ3n) is 6.13. The second kappa shape index (κ2) is 4.57. The summed E-state index contributed by atoms with van der Waals surface area (Å²) in [4.78, 5) is 11.6. The van der Waals surface area contributed by atoms with E-state index in [4.69, 9.17) is 5.73 Å². The van der Waals surface area contributed by atoms with Gasteiger partial charge < -0.3 is 11.1 Å². The molecule has 0 saturated heterocycles. The molecule has 1 fully saturated rings. The van der Waals surface area contributed by atoms with Gasteiger partial charge in [0, 0.05) is 18.2 Å². The number of aryl methyl sites for hydroxylation is 1. The first-order chi connectivity index (χ1) is 9.75. The fourth-order valence-corrected chi connectivity index (χ4v) is 4.14. The molecule has 21 heavy (non-hydrogen) atoms. The van der Waals surface area contributed by atoms with Gasteiger partial charge in [-0.25, -0.2) is 0 Å².